The molecule has 0 radical (unpaired) electrons. The van der Waals surface area contributed by atoms with Crippen LogP contribution in [0.4, 0.5) is 5.69 Å². The van der Waals surface area contributed by atoms with Crippen molar-refractivity contribution >= 4 is 29.2 Å². The van der Waals surface area contributed by atoms with Crippen molar-refractivity contribution in [3.63, 3.8) is 0 Å². The predicted octanol–water partition coefficient (Wildman–Crippen LogP) is 3.46. The summed E-state index contributed by atoms with van der Waals surface area (Å²) in [5.41, 5.74) is 0.857. The number of amides is 1. The molecule has 0 saturated heterocycles. The van der Waals surface area contributed by atoms with Crippen molar-refractivity contribution in [2.24, 2.45) is 5.41 Å². The molecule has 0 bridgehead atoms. The van der Waals surface area contributed by atoms with E-state index in [4.69, 9.17) is 16.7 Å². The first-order valence-electron chi connectivity index (χ1n) is 7.64. The maximum Gasteiger partial charge on any atom is 0.309 e. The summed E-state index contributed by atoms with van der Waals surface area (Å²) in [5, 5.41) is 15.5. The highest BCUT2D eigenvalue weighted by Crippen LogP contribution is 2.23. The summed E-state index contributed by atoms with van der Waals surface area (Å²) in [4.78, 5) is 23.1. The number of carboxylic acid groups (broad SMARTS) is 1. The van der Waals surface area contributed by atoms with E-state index in [1.54, 1.807) is 26.0 Å². The molecule has 23 heavy (non-hydrogen) atoms. The van der Waals surface area contributed by atoms with Crippen molar-refractivity contribution < 1.29 is 14.7 Å². The van der Waals surface area contributed by atoms with Gasteiger partial charge in [0.25, 0.3) is 0 Å². The van der Waals surface area contributed by atoms with Gasteiger partial charge in [-0.1, -0.05) is 17.7 Å². The number of hydrogen-bond acceptors (Lipinski definition) is 3. The van der Waals surface area contributed by atoms with E-state index in [9.17, 15) is 9.59 Å². The van der Waals surface area contributed by atoms with E-state index in [1.165, 1.54) is 0 Å². The van der Waals surface area contributed by atoms with Crippen molar-refractivity contribution in [1.82, 2.24) is 5.32 Å². The lowest BCUT2D eigenvalue weighted by molar-refractivity contribution is -0.147. The first kappa shape index (κ1) is 19.5. The van der Waals surface area contributed by atoms with E-state index in [-0.39, 0.29) is 18.4 Å². The number of carbonyl (C=O) groups excluding carboxylic acids is 1. The van der Waals surface area contributed by atoms with Gasteiger partial charge in [-0.25, -0.2) is 0 Å². The average molecular weight is 341 g/mol. The van der Waals surface area contributed by atoms with Crippen molar-refractivity contribution in [2.45, 2.75) is 46.6 Å². The third-order valence-corrected chi connectivity index (χ3v) is 4.02. The van der Waals surface area contributed by atoms with Crippen LogP contribution in [0, 0.1) is 12.3 Å². The van der Waals surface area contributed by atoms with Crippen molar-refractivity contribution in [1.29, 1.82) is 0 Å². The van der Waals surface area contributed by atoms with Crippen LogP contribution in [0.15, 0.2) is 18.2 Å². The zero-order valence-electron chi connectivity index (χ0n) is 14.1. The number of nitrogens with one attached hydrogen (secondary N) is 2. The summed E-state index contributed by atoms with van der Waals surface area (Å²) in [5.74, 6) is -0.952. The molecule has 0 heterocycles. The van der Waals surface area contributed by atoms with Gasteiger partial charge < -0.3 is 15.7 Å². The summed E-state index contributed by atoms with van der Waals surface area (Å²) in [6.07, 6.45) is 0.787. The molecule has 6 heteroatoms. The minimum absolute atomic E-state index is 0.0520. The Hall–Kier alpha value is -1.59. The van der Waals surface area contributed by atoms with Gasteiger partial charge in [0, 0.05) is 12.5 Å². The molecule has 128 valence electrons. The largest absolute Gasteiger partial charge is 0.481 e. The number of hydrogen-bond donors (Lipinski definition) is 3. The Balaban J connectivity index is 2.40. The fourth-order valence-electron chi connectivity index (χ4n) is 2.01. The summed E-state index contributed by atoms with van der Waals surface area (Å²) in [7, 11) is 0. The molecule has 1 atom stereocenters. The predicted molar refractivity (Wildman–Crippen MR) is 92.9 cm³/mol. The Bertz CT molecular complexity index is 573. The molecule has 0 aliphatic rings. The number of halogens is 1. The number of rotatable bonds is 8. The van der Waals surface area contributed by atoms with Crippen molar-refractivity contribution in [2.75, 3.05) is 11.9 Å². The van der Waals surface area contributed by atoms with Gasteiger partial charge >= 0.3 is 5.97 Å². The molecule has 1 amide bonds. The molecule has 1 aromatic carbocycles. The van der Waals surface area contributed by atoms with Crippen LogP contribution in [0.2, 0.25) is 5.02 Å². The molecular formula is C17H25ClN2O3. The fourth-order valence-corrected chi connectivity index (χ4v) is 2.29. The molecular weight excluding hydrogens is 316 g/mol. The highest BCUT2D eigenvalue weighted by Gasteiger charge is 2.26. The van der Waals surface area contributed by atoms with E-state index in [1.807, 2.05) is 19.9 Å². The molecule has 0 saturated carbocycles. The SMILES string of the molecule is Cc1ccc(NC(=O)CC(C)NCCC(C)(C)C(=O)O)c(Cl)c1. The minimum Gasteiger partial charge on any atom is -0.481 e. The lowest BCUT2D eigenvalue weighted by Gasteiger charge is -2.21. The molecule has 1 rings (SSSR count). The topological polar surface area (TPSA) is 78.4 Å². The molecule has 1 unspecified atom stereocenters. The minimum atomic E-state index is -0.821. The average Bonchev–Trinajstić information content (AvgIpc) is 2.41. The van der Waals surface area contributed by atoms with Crippen LogP contribution >= 0.6 is 11.6 Å². The second-order valence-corrected chi connectivity index (χ2v) is 6.94. The Morgan fingerprint density at radius 1 is 1.35 bits per heavy atom. The van der Waals surface area contributed by atoms with Gasteiger partial charge in [-0.05, 0) is 58.4 Å². The second-order valence-electron chi connectivity index (χ2n) is 6.53. The van der Waals surface area contributed by atoms with Crippen LogP contribution in [0.3, 0.4) is 0 Å². The highest BCUT2D eigenvalue weighted by molar-refractivity contribution is 6.33. The van der Waals surface area contributed by atoms with E-state index >= 15 is 0 Å². The van der Waals surface area contributed by atoms with E-state index < -0.39 is 11.4 Å². The second kappa shape index (κ2) is 8.31. The summed E-state index contributed by atoms with van der Waals surface area (Å²) in [6, 6.07) is 5.41. The molecule has 0 fully saturated rings. The normalized spacial score (nSPS) is 12.7. The molecule has 0 aliphatic heterocycles. The maximum atomic E-state index is 12.0. The van der Waals surface area contributed by atoms with Crippen LogP contribution < -0.4 is 10.6 Å². The van der Waals surface area contributed by atoms with Crippen LogP contribution in [0.5, 0.6) is 0 Å². The summed E-state index contributed by atoms with van der Waals surface area (Å²) < 4.78 is 0. The Morgan fingerprint density at radius 3 is 2.57 bits per heavy atom. The number of aryl methyl sites for hydroxylation is 1. The lowest BCUT2D eigenvalue weighted by Crippen LogP contribution is -2.35. The maximum absolute atomic E-state index is 12.0. The Morgan fingerprint density at radius 2 is 2.00 bits per heavy atom. The monoisotopic (exact) mass is 340 g/mol. The van der Waals surface area contributed by atoms with Gasteiger partial charge in [0.2, 0.25) is 5.91 Å². The summed E-state index contributed by atoms with van der Waals surface area (Å²) >= 11 is 6.09. The van der Waals surface area contributed by atoms with Gasteiger partial charge in [-0.2, -0.15) is 0 Å². The molecule has 5 nitrogen and oxygen atoms in total. The van der Waals surface area contributed by atoms with Crippen LogP contribution in [0.25, 0.3) is 0 Å². The molecule has 3 N–H and O–H groups in total. The number of carbonyl (C=O) groups is 2. The van der Waals surface area contributed by atoms with Gasteiger partial charge in [0.1, 0.15) is 0 Å². The molecule has 1 aromatic rings. The number of anilines is 1. The van der Waals surface area contributed by atoms with Crippen molar-refractivity contribution in [3.05, 3.63) is 28.8 Å². The quantitative estimate of drug-likeness (QED) is 0.677. The van der Waals surface area contributed by atoms with E-state index in [2.05, 4.69) is 10.6 Å². The number of aliphatic carboxylic acids is 1. The Labute approximate surface area is 142 Å². The zero-order valence-corrected chi connectivity index (χ0v) is 14.8. The van der Waals surface area contributed by atoms with Gasteiger partial charge in [-0.15, -0.1) is 0 Å². The molecule has 0 spiro atoms. The number of benzene rings is 1. The highest BCUT2D eigenvalue weighted by atomic mass is 35.5. The molecule has 0 aliphatic carbocycles. The first-order chi connectivity index (χ1) is 10.6. The first-order valence-corrected chi connectivity index (χ1v) is 8.02. The Kier molecular flexibility index (Phi) is 7.03. The molecule has 0 aromatic heterocycles. The van der Waals surface area contributed by atoms with Crippen LogP contribution in [-0.2, 0) is 9.59 Å². The van der Waals surface area contributed by atoms with Gasteiger partial charge in [0.05, 0.1) is 16.1 Å². The van der Waals surface area contributed by atoms with Gasteiger partial charge in [0.15, 0.2) is 0 Å². The standard InChI is InChI=1S/C17H25ClN2O3/c1-11-5-6-14(13(18)9-11)20-15(21)10-12(2)19-8-7-17(3,4)16(22)23/h5-6,9,12,19H,7-8,10H2,1-4H3,(H,20,21)(H,22,23). The number of carboxylic acids is 1. The lowest BCUT2D eigenvalue weighted by atomic mass is 9.89. The third kappa shape index (κ3) is 6.59. The van der Waals surface area contributed by atoms with Crippen LogP contribution in [0.1, 0.15) is 39.2 Å². The van der Waals surface area contributed by atoms with Crippen molar-refractivity contribution in [3.8, 4) is 0 Å². The third-order valence-electron chi connectivity index (χ3n) is 3.71. The van der Waals surface area contributed by atoms with Crippen LogP contribution in [-0.4, -0.2) is 29.6 Å². The smallest absolute Gasteiger partial charge is 0.309 e. The van der Waals surface area contributed by atoms with E-state index in [0.717, 1.165) is 5.56 Å². The fraction of sp³-hybridized carbons (Fsp3) is 0.529. The van der Waals surface area contributed by atoms with Gasteiger partial charge in [-0.3, -0.25) is 9.59 Å². The zero-order chi connectivity index (χ0) is 17.6. The van der Waals surface area contributed by atoms with E-state index in [0.29, 0.717) is 23.7 Å². The summed E-state index contributed by atoms with van der Waals surface area (Å²) in [6.45, 7) is 7.74.